The lowest BCUT2D eigenvalue weighted by Crippen LogP contribution is -2.24. The molecule has 16 heavy (non-hydrogen) atoms. The molecular formula is C11H12Cl2O2S. The molecule has 1 aliphatic rings. The van der Waals surface area contributed by atoms with E-state index in [0.717, 1.165) is 5.56 Å². The number of hydrogen-bond donors (Lipinski definition) is 1. The Morgan fingerprint density at radius 3 is 2.81 bits per heavy atom. The molecule has 0 aliphatic carbocycles. The second kappa shape index (κ2) is 4.75. The van der Waals surface area contributed by atoms with Crippen LogP contribution < -0.4 is 0 Å². The molecule has 2 unspecified atom stereocenters. The van der Waals surface area contributed by atoms with Gasteiger partial charge < -0.3 is 9.47 Å². The van der Waals surface area contributed by atoms with Gasteiger partial charge in [0.1, 0.15) is 0 Å². The maximum Gasteiger partial charge on any atom is 0.193 e. The highest BCUT2D eigenvalue weighted by Gasteiger charge is 2.39. The van der Waals surface area contributed by atoms with Crippen molar-refractivity contribution in [1.82, 2.24) is 0 Å². The predicted octanol–water partition coefficient (Wildman–Crippen LogP) is 3.51. The van der Waals surface area contributed by atoms with Gasteiger partial charge in [-0.2, -0.15) is 12.6 Å². The summed E-state index contributed by atoms with van der Waals surface area (Å²) in [4.78, 5) is 0. The van der Waals surface area contributed by atoms with Crippen molar-refractivity contribution in [2.45, 2.75) is 18.8 Å². The van der Waals surface area contributed by atoms with Gasteiger partial charge in [0.2, 0.25) is 0 Å². The van der Waals surface area contributed by atoms with Crippen LogP contribution in [0.15, 0.2) is 18.2 Å². The molecule has 0 saturated carbocycles. The first-order valence-corrected chi connectivity index (χ1v) is 6.32. The van der Waals surface area contributed by atoms with Gasteiger partial charge in [-0.25, -0.2) is 0 Å². The third-order valence-electron chi connectivity index (χ3n) is 2.56. The largest absolute Gasteiger partial charge is 0.343 e. The molecule has 1 heterocycles. The molecule has 1 fully saturated rings. The van der Waals surface area contributed by atoms with Crippen LogP contribution in [0, 0.1) is 0 Å². The van der Waals surface area contributed by atoms with Crippen LogP contribution in [0.1, 0.15) is 12.5 Å². The highest BCUT2D eigenvalue weighted by atomic mass is 35.5. The van der Waals surface area contributed by atoms with Crippen molar-refractivity contribution in [1.29, 1.82) is 0 Å². The van der Waals surface area contributed by atoms with Crippen LogP contribution in [0.5, 0.6) is 0 Å². The first-order valence-electron chi connectivity index (χ1n) is 4.93. The van der Waals surface area contributed by atoms with E-state index in [0.29, 0.717) is 22.4 Å². The smallest absolute Gasteiger partial charge is 0.193 e. The Morgan fingerprint density at radius 2 is 2.25 bits per heavy atom. The Labute approximate surface area is 110 Å². The average molecular weight is 279 g/mol. The fraction of sp³-hybridized carbons (Fsp3) is 0.455. The quantitative estimate of drug-likeness (QED) is 0.835. The van der Waals surface area contributed by atoms with E-state index in [9.17, 15) is 0 Å². The topological polar surface area (TPSA) is 18.5 Å². The molecule has 0 aromatic heterocycles. The zero-order valence-electron chi connectivity index (χ0n) is 8.74. The van der Waals surface area contributed by atoms with Crippen molar-refractivity contribution in [2.75, 3.05) is 12.4 Å². The monoisotopic (exact) mass is 278 g/mol. The van der Waals surface area contributed by atoms with E-state index in [1.165, 1.54) is 0 Å². The number of rotatable bonds is 2. The summed E-state index contributed by atoms with van der Waals surface area (Å²) < 4.78 is 11.4. The Morgan fingerprint density at radius 1 is 1.50 bits per heavy atom. The SMILES string of the molecule is CC1(c2ccc(Cl)cc2Cl)OCC(CS)O1. The van der Waals surface area contributed by atoms with Crippen LogP contribution in [0.4, 0.5) is 0 Å². The van der Waals surface area contributed by atoms with Crippen LogP contribution in [-0.2, 0) is 15.3 Å². The first kappa shape index (κ1) is 12.5. The predicted molar refractivity (Wildman–Crippen MR) is 68.5 cm³/mol. The number of halogens is 2. The van der Waals surface area contributed by atoms with Gasteiger partial charge in [-0.1, -0.05) is 29.3 Å². The van der Waals surface area contributed by atoms with Crippen LogP contribution in [0.3, 0.4) is 0 Å². The summed E-state index contributed by atoms with van der Waals surface area (Å²) in [5.41, 5.74) is 0.794. The summed E-state index contributed by atoms with van der Waals surface area (Å²) in [7, 11) is 0. The maximum absolute atomic E-state index is 6.13. The second-order valence-electron chi connectivity index (χ2n) is 3.80. The summed E-state index contributed by atoms with van der Waals surface area (Å²) >= 11 is 16.2. The van der Waals surface area contributed by atoms with E-state index in [1.807, 2.05) is 13.0 Å². The average Bonchev–Trinajstić information content (AvgIpc) is 2.61. The highest BCUT2D eigenvalue weighted by Crippen LogP contribution is 2.38. The molecule has 0 bridgehead atoms. The maximum atomic E-state index is 6.13. The van der Waals surface area contributed by atoms with Crippen LogP contribution in [-0.4, -0.2) is 18.5 Å². The molecule has 1 aliphatic heterocycles. The Balaban J connectivity index is 2.30. The standard InChI is InChI=1S/C11H12Cl2O2S/c1-11(14-5-8(6-16)15-11)9-3-2-7(12)4-10(9)13/h2-4,8,16H,5-6H2,1H3. The molecule has 2 atom stereocenters. The fourth-order valence-electron chi connectivity index (χ4n) is 1.73. The molecule has 1 aromatic rings. The molecule has 1 saturated heterocycles. The molecule has 5 heteroatoms. The number of thiol groups is 1. The lowest BCUT2D eigenvalue weighted by atomic mass is 10.1. The number of benzene rings is 1. The number of hydrogen-bond acceptors (Lipinski definition) is 3. The van der Waals surface area contributed by atoms with Crippen molar-refractivity contribution in [2.24, 2.45) is 0 Å². The van der Waals surface area contributed by atoms with Gasteiger partial charge in [0, 0.05) is 16.3 Å². The molecule has 88 valence electrons. The van der Waals surface area contributed by atoms with Gasteiger partial charge in [0.05, 0.1) is 17.7 Å². The van der Waals surface area contributed by atoms with Gasteiger partial charge in [0.25, 0.3) is 0 Å². The minimum atomic E-state index is -0.797. The van der Waals surface area contributed by atoms with Crippen molar-refractivity contribution >= 4 is 35.8 Å². The van der Waals surface area contributed by atoms with E-state index in [2.05, 4.69) is 12.6 Å². The lowest BCUT2D eigenvalue weighted by molar-refractivity contribution is -0.159. The van der Waals surface area contributed by atoms with Crippen molar-refractivity contribution in [3.63, 3.8) is 0 Å². The molecule has 1 aromatic carbocycles. The Hall–Kier alpha value is 0.0700. The Kier molecular flexibility index (Phi) is 3.72. The minimum absolute atomic E-state index is 0.0000723. The zero-order chi connectivity index (χ0) is 11.8. The highest BCUT2D eigenvalue weighted by molar-refractivity contribution is 7.80. The number of ether oxygens (including phenoxy) is 2. The third kappa shape index (κ3) is 2.34. The molecule has 2 nitrogen and oxygen atoms in total. The normalized spacial score (nSPS) is 29.6. The van der Waals surface area contributed by atoms with Crippen LogP contribution in [0.2, 0.25) is 10.0 Å². The second-order valence-corrected chi connectivity index (χ2v) is 5.01. The van der Waals surface area contributed by atoms with Crippen LogP contribution in [0.25, 0.3) is 0 Å². The molecular weight excluding hydrogens is 267 g/mol. The third-order valence-corrected chi connectivity index (χ3v) is 3.52. The zero-order valence-corrected chi connectivity index (χ0v) is 11.1. The molecule has 0 N–H and O–H groups in total. The van der Waals surface area contributed by atoms with E-state index >= 15 is 0 Å². The molecule has 2 rings (SSSR count). The van der Waals surface area contributed by atoms with Gasteiger partial charge in [-0.3, -0.25) is 0 Å². The van der Waals surface area contributed by atoms with E-state index in [1.54, 1.807) is 12.1 Å². The summed E-state index contributed by atoms with van der Waals surface area (Å²) in [6, 6.07) is 5.28. The van der Waals surface area contributed by atoms with Crippen molar-refractivity contribution < 1.29 is 9.47 Å². The molecule has 0 spiro atoms. The van der Waals surface area contributed by atoms with E-state index in [4.69, 9.17) is 32.7 Å². The summed E-state index contributed by atoms with van der Waals surface area (Å²) in [5.74, 6) is -0.171. The summed E-state index contributed by atoms with van der Waals surface area (Å²) in [6.07, 6.45) is 0.0000723. The van der Waals surface area contributed by atoms with E-state index < -0.39 is 5.79 Å². The molecule has 0 amide bonds. The fourth-order valence-corrected chi connectivity index (χ4v) is 2.49. The summed E-state index contributed by atoms with van der Waals surface area (Å²) in [6.45, 7) is 2.38. The van der Waals surface area contributed by atoms with Gasteiger partial charge in [-0.15, -0.1) is 0 Å². The van der Waals surface area contributed by atoms with Gasteiger partial charge >= 0.3 is 0 Å². The Bertz CT molecular complexity index is 400. The minimum Gasteiger partial charge on any atom is -0.343 e. The van der Waals surface area contributed by atoms with Gasteiger partial charge in [0.15, 0.2) is 5.79 Å². The van der Waals surface area contributed by atoms with E-state index in [-0.39, 0.29) is 6.10 Å². The van der Waals surface area contributed by atoms with Crippen molar-refractivity contribution in [3.8, 4) is 0 Å². The molecule has 0 radical (unpaired) electrons. The van der Waals surface area contributed by atoms with Gasteiger partial charge in [-0.05, 0) is 19.1 Å². The summed E-state index contributed by atoms with van der Waals surface area (Å²) in [5, 5.41) is 1.15. The lowest BCUT2D eigenvalue weighted by Gasteiger charge is -2.24. The van der Waals surface area contributed by atoms with Crippen molar-refractivity contribution in [3.05, 3.63) is 33.8 Å². The van der Waals surface area contributed by atoms with Crippen LogP contribution >= 0.6 is 35.8 Å². The first-order chi connectivity index (χ1) is 7.55.